The Bertz CT molecular complexity index is 447. The molecule has 2 amide bonds. The van der Waals surface area contributed by atoms with E-state index < -0.39 is 0 Å². The predicted octanol–water partition coefficient (Wildman–Crippen LogP) is 1.46. The second-order valence-electron chi connectivity index (χ2n) is 4.08. The molecule has 5 heteroatoms. The lowest BCUT2D eigenvalue weighted by atomic mass is 10.1. The Kier molecular flexibility index (Phi) is 3.33. The summed E-state index contributed by atoms with van der Waals surface area (Å²) in [6.07, 6.45) is 6.98. The number of likely N-dealkylation sites (tertiary alicyclic amines) is 1. The normalized spacial score (nSPS) is 19.1. The Morgan fingerprint density at radius 2 is 2.65 bits per heavy atom. The molecule has 2 heterocycles. The van der Waals surface area contributed by atoms with E-state index in [1.807, 2.05) is 13.0 Å². The minimum Gasteiger partial charge on any atom is -0.359 e. The Hall–Kier alpha value is -1.96. The van der Waals surface area contributed by atoms with Crippen molar-refractivity contribution in [1.29, 1.82) is 0 Å². The van der Waals surface area contributed by atoms with E-state index in [1.54, 1.807) is 4.90 Å². The lowest BCUT2D eigenvalue weighted by Crippen LogP contribution is -2.39. The summed E-state index contributed by atoms with van der Waals surface area (Å²) < 4.78 is 5.22. The van der Waals surface area contributed by atoms with Gasteiger partial charge in [-0.25, -0.2) is 4.79 Å². The van der Waals surface area contributed by atoms with Crippen molar-refractivity contribution >= 4 is 6.03 Å². The van der Waals surface area contributed by atoms with E-state index >= 15 is 0 Å². The number of terminal acetylenes is 1. The van der Waals surface area contributed by atoms with Gasteiger partial charge in [0.1, 0.15) is 0 Å². The highest BCUT2D eigenvalue weighted by Gasteiger charge is 2.32. The molecule has 2 rings (SSSR count). The molecule has 1 saturated heterocycles. The van der Waals surface area contributed by atoms with Gasteiger partial charge in [-0.05, 0) is 19.8 Å². The minimum absolute atomic E-state index is 0.0195. The van der Waals surface area contributed by atoms with Crippen LogP contribution in [0.2, 0.25) is 0 Å². The third-order valence-corrected chi connectivity index (χ3v) is 2.83. The summed E-state index contributed by atoms with van der Waals surface area (Å²) >= 11 is 0. The molecule has 17 heavy (non-hydrogen) atoms. The first-order valence-electron chi connectivity index (χ1n) is 5.63. The highest BCUT2D eigenvalue weighted by molar-refractivity contribution is 5.75. The number of urea groups is 1. The molecule has 0 radical (unpaired) electrons. The fourth-order valence-electron chi connectivity index (χ4n) is 2.07. The van der Waals surface area contributed by atoms with E-state index in [2.05, 4.69) is 16.4 Å². The molecule has 1 aliphatic heterocycles. The van der Waals surface area contributed by atoms with Gasteiger partial charge in [-0.3, -0.25) is 0 Å². The second kappa shape index (κ2) is 4.91. The molecule has 5 nitrogen and oxygen atoms in total. The monoisotopic (exact) mass is 233 g/mol. The van der Waals surface area contributed by atoms with Gasteiger partial charge in [-0.1, -0.05) is 11.1 Å². The first-order chi connectivity index (χ1) is 8.22. The highest BCUT2D eigenvalue weighted by Crippen LogP contribution is 2.31. The Balaban J connectivity index is 2.07. The summed E-state index contributed by atoms with van der Waals surface area (Å²) in [5.41, 5.74) is 0.830. The largest absolute Gasteiger partial charge is 0.359 e. The van der Waals surface area contributed by atoms with Crippen LogP contribution in [0.25, 0.3) is 0 Å². The van der Waals surface area contributed by atoms with Crippen molar-refractivity contribution in [3.05, 3.63) is 17.5 Å². The molecular formula is C12H15N3O2. The second-order valence-corrected chi connectivity index (χ2v) is 4.08. The summed E-state index contributed by atoms with van der Waals surface area (Å²) in [7, 11) is 0. The Labute approximate surface area is 100 Å². The quantitative estimate of drug-likeness (QED) is 0.787. The average Bonchev–Trinajstić information content (AvgIpc) is 2.93. The van der Waals surface area contributed by atoms with Crippen LogP contribution < -0.4 is 5.32 Å². The molecule has 1 fully saturated rings. The van der Waals surface area contributed by atoms with Crippen molar-refractivity contribution in [1.82, 2.24) is 15.4 Å². The number of carbonyl (C=O) groups excluding carboxylic acids is 1. The molecule has 1 aromatic rings. The maximum Gasteiger partial charge on any atom is 0.318 e. The zero-order chi connectivity index (χ0) is 12.3. The van der Waals surface area contributed by atoms with Crippen LogP contribution in [0.3, 0.4) is 0 Å². The van der Waals surface area contributed by atoms with E-state index in [0.29, 0.717) is 0 Å². The number of nitrogens with zero attached hydrogens (tertiary/aromatic N) is 2. The standard InChI is InChI=1S/C12H15N3O2/c1-3-6-13-12(16)15-7-4-5-10(15)11-8-9(2)14-17-11/h1,8,10H,4-7H2,2H3,(H,13,16)/t10-/m0/s1. The maximum atomic E-state index is 11.9. The van der Waals surface area contributed by atoms with Crippen molar-refractivity contribution in [2.75, 3.05) is 13.1 Å². The Morgan fingerprint density at radius 1 is 1.82 bits per heavy atom. The van der Waals surface area contributed by atoms with Gasteiger partial charge in [0.2, 0.25) is 0 Å². The van der Waals surface area contributed by atoms with E-state index in [9.17, 15) is 4.79 Å². The van der Waals surface area contributed by atoms with E-state index in [0.717, 1.165) is 30.8 Å². The number of carbonyl (C=O) groups is 1. The fraction of sp³-hybridized carbons (Fsp3) is 0.500. The minimum atomic E-state index is -0.139. The predicted molar refractivity (Wildman–Crippen MR) is 62.2 cm³/mol. The highest BCUT2D eigenvalue weighted by atomic mass is 16.5. The van der Waals surface area contributed by atoms with Gasteiger partial charge in [0, 0.05) is 12.6 Å². The van der Waals surface area contributed by atoms with E-state index in [4.69, 9.17) is 10.9 Å². The van der Waals surface area contributed by atoms with Crippen LogP contribution >= 0.6 is 0 Å². The Morgan fingerprint density at radius 3 is 3.29 bits per heavy atom. The van der Waals surface area contributed by atoms with Crippen molar-refractivity contribution in [2.45, 2.75) is 25.8 Å². The number of aromatic nitrogens is 1. The first-order valence-corrected chi connectivity index (χ1v) is 5.63. The molecule has 0 aromatic carbocycles. The van der Waals surface area contributed by atoms with Crippen LogP contribution in [0.5, 0.6) is 0 Å². The van der Waals surface area contributed by atoms with Crippen LogP contribution in [-0.2, 0) is 0 Å². The van der Waals surface area contributed by atoms with Gasteiger partial charge >= 0.3 is 6.03 Å². The number of amides is 2. The zero-order valence-electron chi connectivity index (χ0n) is 9.77. The molecule has 1 aliphatic rings. The van der Waals surface area contributed by atoms with Gasteiger partial charge in [0.25, 0.3) is 0 Å². The van der Waals surface area contributed by atoms with Crippen molar-refractivity contribution in [2.24, 2.45) is 0 Å². The van der Waals surface area contributed by atoms with Crippen LogP contribution in [0.15, 0.2) is 10.6 Å². The smallest absolute Gasteiger partial charge is 0.318 e. The number of hydrogen-bond acceptors (Lipinski definition) is 3. The third kappa shape index (κ3) is 2.41. The lowest BCUT2D eigenvalue weighted by Gasteiger charge is -2.22. The summed E-state index contributed by atoms with van der Waals surface area (Å²) in [6.45, 7) is 2.84. The number of aryl methyl sites for hydroxylation is 1. The van der Waals surface area contributed by atoms with E-state index in [1.165, 1.54) is 0 Å². The van der Waals surface area contributed by atoms with Crippen molar-refractivity contribution < 1.29 is 9.32 Å². The van der Waals surface area contributed by atoms with Gasteiger partial charge in [0.15, 0.2) is 5.76 Å². The van der Waals surface area contributed by atoms with Crippen LogP contribution in [0, 0.1) is 19.3 Å². The van der Waals surface area contributed by atoms with Crippen molar-refractivity contribution in [3.63, 3.8) is 0 Å². The summed E-state index contributed by atoms with van der Waals surface area (Å²) in [4.78, 5) is 13.6. The zero-order valence-corrected chi connectivity index (χ0v) is 9.77. The number of hydrogen-bond donors (Lipinski definition) is 1. The van der Waals surface area contributed by atoms with Gasteiger partial charge in [-0.2, -0.15) is 0 Å². The molecule has 1 aromatic heterocycles. The molecule has 0 saturated carbocycles. The SMILES string of the molecule is C#CCNC(=O)N1CCC[C@H]1c1cc(C)no1. The maximum absolute atomic E-state index is 11.9. The molecule has 1 atom stereocenters. The fourth-order valence-corrected chi connectivity index (χ4v) is 2.07. The molecule has 90 valence electrons. The van der Waals surface area contributed by atoms with Crippen LogP contribution in [0.1, 0.15) is 30.3 Å². The molecule has 0 aliphatic carbocycles. The van der Waals surface area contributed by atoms with E-state index in [-0.39, 0.29) is 18.6 Å². The number of nitrogens with one attached hydrogen (secondary N) is 1. The van der Waals surface area contributed by atoms with Gasteiger partial charge in [-0.15, -0.1) is 6.42 Å². The third-order valence-electron chi connectivity index (χ3n) is 2.83. The average molecular weight is 233 g/mol. The molecule has 0 spiro atoms. The van der Waals surface area contributed by atoms with Gasteiger partial charge in [0.05, 0.1) is 18.3 Å². The molecular weight excluding hydrogens is 218 g/mol. The number of rotatable bonds is 2. The van der Waals surface area contributed by atoms with Crippen LogP contribution in [0.4, 0.5) is 4.79 Å². The van der Waals surface area contributed by atoms with Crippen LogP contribution in [-0.4, -0.2) is 29.2 Å². The summed E-state index contributed by atoms with van der Waals surface area (Å²) in [6, 6.07) is 1.71. The summed E-state index contributed by atoms with van der Waals surface area (Å²) in [5.74, 6) is 3.13. The first kappa shape index (κ1) is 11.5. The molecule has 0 unspecified atom stereocenters. The lowest BCUT2D eigenvalue weighted by molar-refractivity contribution is 0.183. The molecule has 0 bridgehead atoms. The molecule has 1 N–H and O–H groups in total. The van der Waals surface area contributed by atoms with Gasteiger partial charge < -0.3 is 14.7 Å². The topological polar surface area (TPSA) is 58.4 Å². The van der Waals surface area contributed by atoms with Crippen molar-refractivity contribution in [3.8, 4) is 12.3 Å². The summed E-state index contributed by atoms with van der Waals surface area (Å²) in [5, 5.41) is 6.52.